The number of amides is 1. The summed E-state index contributed by atoms with van der Waals surface area (Å²) in [5.41, 5.74) is 0.676. The van der Waals surface area contributed by atoms with E-state index >= 15 is 0 Å². The molecule has 1 N–H and O–H groups in total. The number of nitrogens with one attached hydrogen (secondary N) is 1. The van der Waals surface area contributed by atoms with Crippen LogP contribution in [0.2, 0.25) is 10.0 Å². The molecule has 2 rings (SSSR count). The van der Waals surface area contributed by atoms with Crippen LogP contribution >= 0.6 is 23.2 Å². The summed E-state index contributed by atoms with van der Waals surface area (Å²) in [4.78, 5) is 12.5. The van der Waals surface area contributed by atoms with E-state index in [4.69, 9.17) is 23.2 Å². The molecule has 0 saturated heterocycles. The fourth-order valence-corrected chi connectivity index (χ4v) is 3.64. The minimum Gasteiger partial charge on any atom is -0.345 e. The van der Waals surface area contributed by atoms with Crippen molar-refractivity contribution in [2.24, 2.45) is 0 Å². The summed E-state index contributed by atoms with van der Waals surface area (Å²) in [7, 11) is -3.32. The van der Waals surface area contributed by atoms with Gasteiger partial charge in [-0.05, 0) is 48.9 Å². The molecular formula is C17H16Cl2FNO3S. The van der Waals surface area contributed by atoms with Crippen LogP contribution in [0.3, 0.4) is 0 Å². The van der Waals surface area contributed by atoms with Gasteiger partial charge in [-0.25, -0.2) is 12.8 Å². The number of rotatable bonds is 5. The first-order valence-corrected chi connectivity index (χ1v) is 9.84. The number of benzene rings is 2. The maximum atomic E-state index is 13.6. The average Bonchev–Trinajstić information content (AvgIpc) is 2.58. The number of halogens is 3. The summed E-state index contributed by atoms with van der Waals surface area (Å²) in [6.45, 7) is 3.20. The predicted molar refractivity (Wildman–Crippen MR) is 96.5 cm³/mol. The van der Waals surface area contributed by atoms with Gasteiger partial charge in [0.15, 0.2) is 9.84 Å². The lowest BCUT2D eigenvalue weighted by molar-refractivity contribution is 0.0939. The molecule has 1 atom stereocenters. The van der Waals surface area contributed by atoms with Crippen molar-refractivity contribution in [3.05, 3.63) is 63.4 Å². The molecule has 2 aromatic rings. The topological polar surface area (TPSA) is 63.2 Å². The van der Waals surface area contributed by atoms with E-state index in [1.807, 2.05) is 0 Å². The van der Waals surface area contributed by atoms with Crippen LogP contribution in [0.25, 0.3) is 0 Å². The summed E-state index contributed by atoms with van der Waals surface area (Å²) in [6, 6.07) is 7.50. The van der Waals surface area contributed by atoms with E-state index in [2.05, 4.69) is 5.32 Å². The van der Waals surface area contributed by atoms with Crippen LogP contribution in [0.15, 0.2) is 41.3 Å². The van der Waals surface area contributed by atoms with Crippen molar-refractivity contribution < 1.29 is 17.6 Å². The molecule has 134 valence electrons. The van der Waals surface area contributed by atoms with Crippen LogP contribution in [0.1, 0.15) is 35.8 Å². The fourth-order valence-electron chi connectivity index (χ4n) is 2.21. The van der Waals surface area contributed by atoms with Crippen molar-refractivity contribution in [1.29, 1.82) is 0 Å². The molecule has 0 aliphatic heterocycles. The normalized spacial score (nSPS) is 12.7. The van der Waals surface area contributed by atoms with E-state index in [1.165, 1.54) is 36.4 Å². The third kappa shape index (κ3) is 4.51. The third-order valence-electron chi connectivity index (χ3n) is 3.71. The molecule has 1 amide bonds. The van der Waals surface area contributed by atoms with Crippen molar-refractivity contribution in [3.63, 3.8) is 0 Å². The Hall–Kier alpha value is -1.63. The van der Waals surface area contributed by atoms with E-state index in [1.54, 1.807) is 13.8 Å². The van der Waals surface area contributed by atoms with E-state index in [0.29, 0.717) is 5.56 Å². The Morgan fingerprint density at radius 1 is 1.16 bits per heavy atom. The van der Waals surface area contributed by atoms with Gasteiger partial charge in [-0.1, -0.05) is 30.1 Å². The number of carbonyl (C=O) groups is 1. The van der Waals surface area contributed by atoms with E-state index in [0.717, 1.165) is 0 Å². The summed E-state index contributed by atoms with van der Waals surface area (Å²) in [5, 5.41) is 2.83. The number of carbonyl (C=O) groups excluding carboxylic acids is 1. The van der Waals surface area contributed by atoms with E-state index < -0.39 is 27.6 Å². The maximum Gasteiger partial charge on any atom is 0.251 e. The molecule has 1 unspecified atom stereocenters. The Morgan fingerprint density at radius 3 is 2.32 bits per heavy atom. The summed E-state index contributed by atoms with van der Waals surface area (Å²) >= 11 is 11.7. The van der Waals surface area contributed by atoms with Gasteiger partial charge < -0.3 is 5.32 Å². The number of sulfone groups is 1. The maximum absolute atomic E-state index is 13.6. The highest BCUT2D eigenvalue weighted by Crippen LogP contribution is 2.28. The van der Waals surface area contributed by atoms with Crippen LogP contribution in [0, 0.1) is 5.82 Å². The molecule has 8 heteroatoms. The molecule has 25 heavy (non-hydrogen) atoms. The second-order valence-electron chi connectivity index (χ2n) is 5.41. The zero-order valence-electron chi connectivity index (χ0n) is 13.5. The molecule has 0 aliphatic carbocycles. The molecule has 0 aliphatic rings. The predicted octanol–water partition coefficient (Wildman–Crippen LogP) is 4.42. The first-order chi connectivity index (χ1) is 11.7. The van der Waals surface area contributed by atoms with Gasteiger partial charge >= 0.3 is 0 Å². The van der Waals surface area contributed by atoms with Crippen molar-refractivity contribution in [2.45, 2.75) is 24.8 Å². The first-order valence-electron chi connectivity index (χ1n) is 7.44. The van der Waals surface area contributed by atoms with Crippen molar-refractivity contribution in [3.8, 4) is 0 Å². The lowest BCUT2D eigenvalue weighted by atomic mass is 10.1. The van der Waals surface area contributed by atoms with Crippen LogP contribution in [-0.2, 0) is 9.84 Å². The van der Waals surface area contributed by atoms with E-state index in [9.17, 15) is 17.6 Å². The highest BCUT2D eigenvalue weighted by atomic mass is 35.5. The lowest BCUT2D eigenvalue weighted by Gasteiger charge is -2.16. The molecule has 0 spiro atoms. The van der Waals surface area contributed by atoms with Gasteiger partial charge in [-0.2, -0.15) is 0 Å². The standard InChI is InChI=1S/C17H16Cl2FNO3S/c1-3-25(23,24)12-6-4-11(5-7-12)17(22)21-10(2)13-8-16(20)15(19)9-14(13)18/h4-10H,3H2,1-2H3,(H,21,22). The Morgan fingerprint density at radius 2 is 1.76 bits per heavy atom. The zero-order chi connectivity index (χ0) is 18.8. The van der Waals surface area contributed by atoms with Crippen LogP contribution in [0.5, 0.6) is 0 Å². The Labute approximate surface area is 155 Å². The molecule has 0 aromatic heterocycles. The van der Waals surface area contributed by atoms with Gasteiger partial charge in [0.05, 0.1) is 21.7 Å². The molecule has 0 heterocycles. The minimum absolute atomic E-state index is 0.0177. The molecule has 2 aromatic carbocycles. The van der Waals surface area contributed by atoms with Gasteiger partial charge in [0, 0.05) is 10.6 Å². The number of hydrogen-bond donors (Lipinski definition) is 1. The van der Waals surface area contributed by atoms with Gasteiger partial charge in [-0.15, -0.1) is 0 Å². The molecule has 4 nitrogen and oxygen atoms in total. The van der Waals surface area contributed by atoms with Crippen molar-refractivity contribution >= 4 is 38.9 Å². The monoisotopic (exact) mass is 403 g/mol. The summed E-state index contributed by atoms with van der Waals surface area (Å²) < 4.78 is 37.2. The number of hydrogen-bond acceptors (Lipinski definition) is 3. The Bertz CT molecular complexity index is 899. The van der Waals surface area contributed by atoms with Crippen LogP contribution in [-0.4, -0.2) is 20.1 Å². The largest absolute Gasteiger partial charge is 0.345 e. The summed E-state index contributed by atoms with van der Waals surface area (Å²) in [5.74, 6) is -1.08. The third-order valence-corrected chi connectivity index (χ3v) is 6.08. The highest BCUT2D eigenvalue weighted by Gasteiger charge is 2.17. The molecule has 0 fully saturated rings. The quantitative estimate of drug-likeness (QED) is 0.751. The zero-order valence-corrected chi connectivity index (χ0v) is 15.8. The minimum atomic E-state index is -3.32. The average molecular weight is 404 g/mol. The van der Waals surface area contributed by atoms with Gasteiger partial charge in [0.25, 0.3) is 5.91 Å². The molecule has 0 radical (unpaired) electrons. The van der Waals surface area contributed by atoms with Gasteiger partial charge in [0.1, 0.15) is 5.82 Å². The van der Waals surface area contributed by atoms with Crippen molar-refractivity contribution in [1.82, 2.24) is 5.32 Å². The lowest BCUT2D eigenvalue weighted by Crippen LogP contribution is -2.27. The fraction of sp³-hybridized carbons (Fsp3) is 0.235. The molecule has 0 bridgehead atoms. The smallest absolute Gasteiger partial charge is 0.251 e. The Kier molecular flexibility index (Phi) is 6.08. The van der Waals surface area contributed by atoms with Crippen molar-refractivity contribution in [2.75, 3.05) is 5.75 Å². The SMILES string of the molecule is CCS(=O)(=O)c1ccc(C(=O)NC(C)c2cc(F)c(Cl)cc2Cl)cc1. The highest BCUT2D eigenvalue weighted by molar-refractivity contribution is 7.91. The summed E-state index contributed by atoms with van der Waals surface area (Å²) in [6.07, 6.45) is 0. The van der Waals surface area contributed by atoms with E-state index in [-0.39, 0.29) is 26.3 Å². The molecular weight excluding hydrogens is 388 g/mol. The van der Waals surface area contributed by atoms with Crippen LogP contribution in [0.4, 0.5) is 4.39 Å². The van der Waals surface area contributed by atoms with Gasteiger partial charge in [0.2, 0.25) is 0 Å². The second-order valence-corrected chi connectivity index (χ2v) is 8.50. The van der Waals surface area contributed by atoms with Crippen LogP contribution < -0.4 is 5.32 Å². The Balaban J connectivity index is 2.18. The van der Waals surface area contributed by atoms with Gasteiger partial charge in [-0.3, -0.25) is 4.79 Å². The first kappa shape index (κ1) is 19.7. The molecule has 0 saturated carbocycles. The second kappa shape index (κ2) is 7.72.